The van der Waals surface area contributed by atoms with Crippen molar-refractivity contribution in [1.29, 1.82) is 0 Å². The molecule has 1 N–H and O–H groups in total. The number of aromatic nitrogens is 3. The molecule has 1 saturated heterocycles. The lowest BCUT2D eigenvalue weighted by Crippen LogP contribution is -2.29. The molecule has 35 heavy (non-hydrogen) atoms. The number of ether oxygens (including phenoxy) is 2. The third-order valence-corrected chi connectivity index (χ3v) is 6.02. The number of thiazole rings is 1. The molecule has 1 aliphatic rings. The number of anilines is 1. The predicted octanol–water partition coefficient (Wildman–Crippen LogP) is 4.16. The molecule has 11 heteroatoms. The van der Waals surface area contributed by atoms with Gasteiger partial charge in [0.15, 0.2) is 11.2 Å². The van der Waals surface area contributed by atoms with E-state index in [4.69, 9.17) is 14.0 Å². The van der Waals surface area contributed by atoms with Gasteiger partial charge in [-0.2, -0.15) is 4.98 Å². The molecule has 5 rings (SSSR count). The Hall–Kier alpha value is -4.25. The molecular weight excluding hydrogens is 470 g/mol. The zero-order chi connectivity index (χ0) is 24.4. The number of hydrogen-bond acceptors (Lipinski definition) is 9. The van der Waals surface area contributed by atoms with Gasteiger partial charge < -0.3 is 18.9 Å². The van der Waals surface area contributed by atoms with Crippen LogP contribution in [-0.2, 0) is 4.79 Å². The van der Waals surface area contributed by atoms with Crippen LogP contribution in [0.3, 0.4) is 0 Å². The molecule has 1 fully saturated rings. The summed E-state index contributed by atoms with van der Waals surface area (Å²) < 4.78 is 17.0. The van der Waals surface area contributed by atoms with Gasteiger partial charge in [-0.1, -0.05) is 5.16 Å². The number of nitrogens with zero attached hydrogens (tertiary/aromatic N) is 4. The van der Waals surface area contributed by atoms with E-state index < -0.39 is 6.10 Å². The van der Waals surface area contributed by atoms with Crippen LogP contribution in [0.15, 0.2) is 58.6 Å². The largest absolute Gasteiger partial charge is 0.480 e. The van der Waals surface area contributed by atoms with Gasteiger partial charge >= 0.3 is 0 Å². The molecular formula is C24H21N5O5S. The number of hydrogen-bond donors (Lipinski definition) is 1. The zero-order valence-electron chi connectivity index (χ0n) is 18.9. The minimum atomic E-state index is -0.608. The maximum absolute atomic E-state index is 12.9. The standard InChI is InChI=1S/C24H21N5O5S/c1-14-26-21(28-34-14)15-3-5-17(6-4-15)32-18-11-16(22(30)27-24-25-8-10-35-24)12-19(13-18)33-20-7-9-29(2)23(20)31/h3-6,8,10-13,20H,7,9H2,1-2H3,(H,25,27,30)/t20-/m1/s1. The van der Waals surface area contributed by atoms with Crippen LogP contribution in [0, 0.1) is 6.92 Å². The summed E-state index contributed by atoms with van der Waals surface area (Å²) in [6.45, 7) is 2.34. The number of nitrogens with one attached hydrogen (secondary N) is 1. The van der Waals surface area contributed by atoms with Crippen molar-refractivity contribution in [3.63, 3.8) is 0 Å². The first-order valence-electron chi connectivity index (χ1n) is 10.8. The smallest absolute Gasteiger partial charge is 0.263 e. The predicted molar refractivity (Wildman–Crippen MR) is 128 cm³/mol. The molecule has 0 saturated carbocycles. The summed E-state index contributed by atoms with van der Waals surface area (Å²) in [7, 11) is 1.73. The molecule has 0 unspecified atom stereocenters. The first-order valence-corrected chi connectivity index (χ1v) is 11.7. The summed E-state index contributed by atoms with van der Waals surface area (Å²) >= 11 is 1.31. The fourth-order valence-electron chi connectivity index (χ4n) is 3.57. The fourth-order valence-corrected chi connectivity index (χ4v) is 4.10. The third kappa shape index (κ3) is 5.14. The fraction of sp³-hybridized carbons (Fsp3) is 0.208. The lowest BCUT2D eigenvalue weighted by Gasteiger charge is -2.15. The van der Waals surface area contributed by atoms with Crippen LogP contribution >= 0.6 is 11.3 Å². The van der Waals surface area contributed by atoms with Gasteiger partial charge in [0, 0.05) is 55.7 Å². The minimum absolute atomic E-state index is 0.0996. The molecule has 0 bridgehead atoms. The van der Waals surface area contributed by atoms with Crippen molar-refractivity contribution in [3.05, 3.63) is 65.5 Å². The van der Waals surface area contributed by atoms with Crippen molar-refractivity contribution < 1.29 is 23.6 Å². The van der Waals surface area contributed by atoms with Crippen molar-refractivity contribution in [1.82, 2.24) is 20.0 Å². The summed E-state index contributed by atoms with van der Waals surface area (Å²) in [5.74, 6) is 1.77. The Labute approximate surface area is 204 Å². The second-order valence-corrected chi connectivity index (χ2v) is 8.80. The summed E-state index contributed by atoms with van der Waals surface area (Å²) in [6, 6.07) is 12.0. The highest BCUT2D eigenvalue weighted by Crippen LogP contribution is 2.31. The number of benzene rings is 2. The number of amides is 2. The summed E-state index contributed by atoms with van der Waals surface area (Å²) in [5, 5.41) is 8.91. The van der Waals surface area contributed by atoms with Gasteiger partial charge in [0.05, 0.1) is 0 Å². The van der Waals surface area contributed by atoms with Crippen molar-refractivity contribution in [3.8, 4) is 28.6 Å². The normalized spacial score (nSPS) is 15.3. The molecule has 0 spiro atoms. The van der Waals surface area contributed by atoms with E-state index in [1.165, 1.54) is 11.3 Å². The van der Waals surface area contributed by atoms with Crippen LogP contribution in [0.1, 0.15) is 22.7 Å². The molecule has 2 aromatic carbocycles. The van der Waals surface area contributed by atoms with Crippen LogP contribution in [-0.4, -0.2) is 51.5 Å². The highest BCUT2D eigenvalue weighted by molar-refractivity contribution is 7.13. The van der Waals surface area contributed by atoms with Gasteiger partial charge in [-0.3, -0.25) is 14.9 Å². The Morgan fingerprint density at radius 1 is 1.17 bits per heavy atom. The van der Waals surface area contributed by atoms with Gasteiger partial charge in [-0.15, -0.1) is 11.3 Å². The molecule has 4 aromatic rings. The molecule has 1 atom stereocenters. The van der Waals surface area contributed by atoms with E-state index in [9.17, 15) is 9.59 Å². The first-order chi connectivity index (χ1) is 16.9. The number of likely N-dealkylation sites (N-methyl/N-ethyl adjacent to an activating group) is 1. The van der Waals surface area contributed by atoms with E-state index >= 15 is 0 Å². The Morgan fingerprint density at radius 3 is 2.63 bits per heavy atom. The highest BCUT2D eigenvalue weighted by Gasteiger charge is 2.31. The van der Waals surface area contributed by atoms with Crippen LogP contribution in [0.4, 0.5) is 5.13 Å². The molecule has 10 nitrogen and oxygen atoms in total. The second-order valence-electron chi connectivity index (χ2n) is 7.90. The number of likely N-dealkylation sites (tertiary alicyclic amines) is 1. The average Bonchev–Trinajstić information content (AvgIpc) is 3.59. The maximum Gasteiger partial charge on any atom is 0.263 e. The van der Waals surface area contributed by atoms with E-state index in [1.807, 2.05) is 12.1 Å². The van der Waals surface area contributed by atoms with Gasteiger partial charge in [-0.25, -0.2) is 4.98 Å². The van der Waals surface area contributed by atoms with E-state index in [-0.39, 0.29) is 11.8 Å². The van der Waals surface area contributed by atoms with Crippen LogP contribution in [0.5, 0.6) is 17.2 Å². The lowest BCUT2D eigenvalue weighted by atomic mass is 10.1. The van der Waals surface area contributed by atoms with Gasteiger partial charge in [0.1, 0.15) is 17.2 Å². The Morgan fingerprint density at radius 2 is 1.97 bits per heavy atom. The molecule has 0 radical (unpaired) electrons. The third-order valence-electron chi connectivity index (χ3n) is 5.33. The van der Waals surface area contributed by atoms with Gasteiger partial charge in [-0.05, 0) is 36.4 Å². The SMILES string of the molecule is Cc1nc(-c2ccc(Oc3cc(O[C@@H]4CCN(C)C4=O)cc(C(=O)Nc4nccs4)c3)cc2)no1. The monoisotopic (exact) mass is 491 g/mol. The van der Waals surface area contributed by atoms with E-state index in [1.54, 1.807) is 60.8 Å². The second kappa shape index (κ2) is 9.55. The van der Waals surface area contributed by atoms with Crippen molar-refractivity contribution >= 4 is 28.3 Å². The number of carbonyl (C=O) groups excluding carboxylic acids is 2. The molecule has 0 aliphatic carbocycles. The first kappa shape index (κ1) is 22.5. The molecule has 178 valence electrons. The summed E-state index contributed by atoms with van der Waals surface area (Å²) in [5.41, 5.74) is 1.09. The molecule has 1 aliphatic heterocycles. The Kier molecular flexibility index (Phi) is 6.15. The number of carbonyl (C=O) groups is 2. The van der Waals surface area contributed by atoms with Crippen molar-refractivity contribution in [2.24, 2.45) is 0 Å². The van der Waals surface area contributed by atoms with E-state index in [2.05, 4.69) is 20.4 Å². The molecule has 2 aromatic heterocycles. The highest BCUT2D eigenvalue weighted by atomic mass is 32.1. The number of aryl methyl sites for hydroxylation is 1. The zero-order valence-corrected chi connectivity index (χ0v) is 19.7. The van der Waals surface area contributed by atoms with E-state index in [0.717, 1.165) is 5.56 Å². The minimum Gasteiger partial charge on any atom is -0.480 e. The number of rotatable bonds is 7. The van der Waals surface area contributed by atoms with Crippen LogP contribution < -0.4 is 14.8 Å². The molecule has 3 heterocycles. The van der Waals surface area contributed by atoms with Crippen LogP contribution in [0.25, 0.3) is 11.4 Å². The summed E-state index contributed by atoms with van der Waals surface area (Å²) in [4.78, 5) is 35.1. The van der Waals surface area contributed by atoms with Crippen molar-refractivity contribution in [2.45, 2.75) is 19.4 Å². The van der Waals surface area contributed by atoms with Gasteiger partial charge in [0.25, 0.3) is 11.8 Å². The van der Waals surface area contributed by atoms with E-state index in [0.29, 0.717) is 52.6 Å². The topological polar surface area (TPSA) is 120 Å². The van der Waals surface area contributed by atoms with Crippen LogP contribution in [0.2, 0.25) is 0 Å². The average molecular weight is 492 g/mol. The maximum atomic E-state index is 12.9. The lowest BCUT2D eigenvalue weighted by molar-refractivity contribution is -0.132. The Bertz CT molecular complexity index is 1350. The quantitative estimate of drug-likeness (QED) is 0.409. The summed E-state index contributed by atoms with van der Waals surface area (Å²) in [6.07, 6.45) is 1.57. The Balaban J connectivity index is 1.40. The molecule has 2 amide bonds. The van der Waals surface area contributed by atoms with Gasteiger partial charge in [0.2, 0.25) is 11.7 Å². The van der Waals surface area contributed by atoms with Crippen molar-refractivity contribution in [2.75, 3.05) is 18.9 Å².